The lowest BCUT2D eigenvalue weighted by molar-refractivity contribution is -0.149. The summed E-state index contributed by atoms with van der Waals surface area (Å²) in [5.74, 6) is 0.599. The molecule has 0 aliphatic rings. The van der Waals surface area contributed by atoms with Crippen molar-refractivity contribution >= 4 is 17.6 Å². The van der Waals surface area contributed by atoms with Gasteiger partial charge in [0.05, 0.1) is 5.69 Å². The van der Waals surface area contributed by atoms with Gasteiger partial charge in [0, 0.05) is 0 Å². The second kappa shape index (κ2) is 9.94. The molecule has 1 N–H and O–H groups in total. The second-order valence-corrected chi connectivity index (χ2v) is 6.23. The van der Waals surface area contributed by atoms with Crippen LogP contribution in [0.2, 0.25) is 0 Å². The minimum Gasteiger partial charge on any atom is -0.482 e. The number of amides is 1. The Hall–Kier alpha value is -3.80. The molecule has 0 bridgehead atoms. The van der Waals surface area contributed by atoms with Crippen LogP contribution < -0.4 is 14.8 Å². The first-order chi connectivity index (χ1) is 14.1. The average molecular weight is 391 g/mol. The molecule has 0 aliphatic carbocycles. The zero-order valence-corrected chi connectivity index (χ0v) is 16.0. The van der Waals surface area contributed by atoms with Gasteiger partial charge in [-0.2, -0.15) is 0 Å². The molecule has 0 atom stereocenters. The molecule has 0 saturated carbocycles. The van der Waals surface area contributed by atoms with Crippen molar-refractivity contribution in [3.8, 4) is 17.2 Å². The van der Waals surface area contributed by atoms with Crippen LogP contribution in [0.5, 0.6) is 17.2 Å². The van der Waals surface area contributed by atoms with E-state index in [1.165, 1.54) is 0 Å². The predicted octanol–water partition coefficient (Wildman–Crippen LogP) is 4.35. The summed E-state index contributed by atoms with van der Waals surface area (Å²) in [6.45, 7) is 1.23. The van der Waals surface area contributed by atoms with Crippen molar-refractivity contribution in [2.75, 3.05) is 18.5 Å². The third-order valence-corrected chi connectivity index (χ3v) is 3.84. The van der Waals surface area contributed by atoms with Crippen LogP contribution in [0.4, 0.5) is 5.69 Å². The molecule has 0 aromatic heterocycles. The minimum absolute atomic E-state index is 0.273. The van der Waals surface area contributed by atoms with Crippen LogP contribution in [0.25, 0.3) is 0 Å². The highest BCUT2D eigenvalue weighted by atomic mass is 16.6. The molecule has 3 aromatic rings. The molecule has 0 saturated heterocycles. The van der Waals surface area contributed by atoms with E-state index in [1.54, 1.807) is 30.3 Å². The summed E-state index contributed by atoms with van der Waals surface area (Å²) >= 11 is 0. The lowest BCUT2D eigenvalue weighted by Crippen LogP contribution is -2.23. The number of hydrogen-bond acceptors (Lipinski definition) is 5. The third-order valence-electron chi connectivity index (χ3n) is 3.84. The van der Waals surface area contributed by atoms with Crippen LogP contribution in [0.3, 0.4) is 0 Å². The Balaban J connectivity index is 1.49. The monoisotopic (exact) mass is 391 g/mol. The first-order valence-electron chi connectivity index (χ1n) is 9.07. The van der Waals surface area contributed by atoms with Gasteiger partial charge in [0.1, 0.15) is 11.5 Å². The van der Waals surface area contributed by atoms with Crippen molar-refractivity contribution in [3.05, 3.63) is 84.4 Å². The second-order valence-electron chi connectivity index (χ2n) is 6.23. The first kappa shape index (κ1) is 19.9. The van der Waals surface area contributed by atoms with Gasteiger partial charge < -0.3 is 19.5 Å². The molecule has 3 aromatic carbocycles. The quantitative estimate of drug-likeness (QED) is 0.578. The normalized spacial score (nSPS) is 10.1. The Labute approximate surface area is 169 Å². The summed E-state index contributed by atoms with van der Waals surface area (Å²) in [7, 11) is 0. The van der Waals surface area contributed by atoms with Gasteiger partial charge >= 0.3 is 5.97 Å². The van der Waals surface area contributed by atoms with Crippen LogP contribution in [0.1, 0.15) is 5.56 Å². The van der Waals surface area contributed by atoms with E-state index >= 15 is 0 Å². The summed E-state index contributed by atoms with van der Waals surface area (Å²) < 4.78 is 16.1. The molecular weight excluding hydrogens is 370 g/mol. The highest BCUT2D eigenvalue weighted by molar-refractivity contribution is 5.94. The molecule has 0 spiro atoms. The van der Waals surface area contributed by atoms with Crippen LogP contribution in [0, 0.1) is 6.92 Å². The van der Waals surface area contributed by atoms with E-state index < -0.39 is 18.5 Å². The Morgan fingerprint density at radius 2 is 1.55 bits per heavy atom. The fourth-order valence-electron chi connectivity index (χ4n) is 2.50. The Morgan fingerprint density at radius 1 is 0.828 bits per heavy atom. The van der Waals surface area contributed by atoms with Crippen molar-refractivity contribution < 1.29 is 23.8 Å². The number of esters is 1. The number of ether oxygens (including phenoxy) is 3. The molecule has 0 unspecified atom stereocenters. The molecule has 29 heavy (non-hydrogen) atoms. The Bertz CT molecular complexity index is 972. The molecule has 0 radical (unpaired) electrons. The van der Waals surface area contributed by atoms with Gasteiger partial charge in [-0.05, 0) is 48.9 Å². The molecule has 0 heterocycles. The Morgan fingerprint density at radius 3 is 2.34 bits per heavy atom. The van der Waals surface area contributed by atoms with Gasteiger partial charge in [-0.1, -0.05) is 42.5 Å². The van der Waals surface area contributed by atoms with E-state index in [4.69, 9.17) is 14.2 Å². The molecular formula is C23H21NO5. The van der Waals surface area contributed by atoms with Crippen LogP contribution in [-0.2, 0) is 14.3 Å². The van der Waals surface area contributed by atoms with E-state index in [2.05, 4.69) is 5.32 Å². The number of benzene rings is 3. The maximum atomic E-state index is 12.2. The van der Waals surface area contributed by atoms with Crippen LogP contribution in [0.15, 0.2) is 78.9 Å². The van der Waals surface area contributed by atoms with E-state index in [0.717, 1.165) is 5.56 Å². The van der Waals surface area contributed by atoms with Crippen molar-refractivity contribution in [1.29, 1.82) is 0 Å². The molecule has 6 heteroatoms. The van der Waals surface area contributed by atoms with E-state index in [1.807, 2.05) is 55.5 Å². The van der Waals surface area contributed by atoms with E-state index in [-0.39, 0.29) is 6.61 Å². The van der Waals surface area contributed by atoms with Crippen molar-refractivity contribution in [1.82, 2.24) is 0 Å². The lowest BCUT2D eigenvalue weighted by Gasteiger charge is -2.12. The average Bonchev–Trinajstić information content (AvgIpc) is 2.73. The number of carbonyl (C=O) groups is 2. The lowest BCUT2D eigenvalue weighted by atomic mass is 10.2. The standard InChI is InChI=1S/C23H21NO5/c1-17-8-7-11-19(14-17)27-16-23(26)28-15-22(25)24-20-12-5-6-13-21(20)29-18-9-3-2-4-10-18/h2-14H,15-16H2,1H3,(H,24,25). The molecule has 1 amide bonds. The first-order valence-corrected chi connectivity index (χ1v) is 9.07. The minimum atomic E-state index is -0.629. The predicted molar refractivity (Wildman–Crippen MR) is 109 cm³/mol. The van der Waals surface area contributed by atoms with Gasteiger partial charge in [0.15, 0.2) is 19.0 Å². The van der Waals surface area contributed by atoms with E-state index in [0.29, 0.717) is 22.9 Å². The highest BCUT2D eigenvalue weighted by Gasteiger charge is 2.12. The molecule has 3 rings (SSSR count). The zero-order chi connectivity index (χ0) is 20.5. The SMILES string of the molecule is Cc1cccc(OCC(=O)OCC(=O)Nc2ccccc2Oc2ccccc2)c1. The Kier molecular flexibility index (Phi) is 6.84. The molecule has 148 valence electrons. The summed E-state index contributed by atoms with van der Waals surface area (Å²) in [6, 6.07) is 23.6. The zero-order valence-electron chi connectivity index (χ0n) is 16.0. The number of aryl methyl sites for hydroxylation is 1. The maximum Gasteiger partial charge on any atom is 0.344 e. The number of anilines is 1. The van der Waals surface area contributed by atoms with Crippen LogP contribution >= 0.6 is 0 Å². The number of nitrogens with one attached hydrogen (secondary N) is 1. The number of rotatable bonds is 8. The number of hydrogen-bond donors (Lipinski definition) is 1. The van der Waals surface area contributed by atoms with Gasteiger partial charge in [0.25, 0.3) is 5.91 Å². The van der Waals surface area contributed by atoms with Gasteiger partial charge in [0.2, 0.25) is 0 Å². The molecule has 0 aliphatic heterocycles. The summed E-state index contributed by atoms with van der Waals surface area (Å²) in [4.78, 5) is 24.0. The summed E-state index contributed by atoms with van der Waals surface area (Å²) in [5.41, 5.74) is 1.50. The van der Waals surface area contributed by atoms with Crippen molar-refractivity contribution in [2.45, 2.75) is 6.92 Å². The fraction of sp³-hybridized carbons (Fsp3) is 0.130. The summed E-state index contributed by atoms with van der Waals surface area (Å²) in [6.07, 6.45) is 0. The smallest absolute Gasteiger partial charge is 0.344 e. The topological polar surface area (TPSA) is 73.9 Å². The number of para-hydroxylation sites is 3. The fourth-order valence-corrected chi connectivity index (χ4v) is 2.50. The van der Waals surface area contributed by atoms with E-state index in [9.17, 15) is 9.59 Å². The largest absolute Gasteiger partial charge is 0.482 e. The third kappa shape index (κ3) is 6.39. The summed E-state index contributed by atoms with van der Waals surface area (Å²) in [5, 5.41) is 2.69. The van der Waals surface area contributed by atoms with Crippen LogP contribution in [-0.4, -0.2) is 25.1 Å². The van der Waals surface area contributed by atoms with Crippen molar-refractivity contribution in [3.63, 3.8) is 0 Å². The van der Waals surface area contributed by atoms with Gasteiger partial charge in [-0.3, -0.25) is 4.79 Å². The molecule has 0 fully saturated rings. The number of carbonyl (C=O) groups excluding carboxylic acids is 2. The van der Waals surface area contributed by atoms with Crippen molar-refractivity contribution in [2.24, 2.45) is 0 Å². The van der Waals surface area contributed by atoms with Gasteiger partial charge in [-0.15, -0.1) is 0 Å². The highest BCUT2D eigenvalue weighted by Crippen LogP contribution is 2.28. The van der Waals surface area contributed by atoms with Gasteiger partial charge in [-0.25, -0.2) is 4.79 Å². The maximum absolute atomic E-state index is 12.2. The molecule has 6 nitrogen and oxygen atoms in total.